The predicted molar refractivity (Wildman–Crippen MR) is 107 cm³/mol. The number of aryl methyl sites for hydroxylation is 1. The lowest BCUT2D eigenvalue weighted by molar-refractivity contribution is 0.193. The minimum Gasteiger partial charge on any atom is -0.383 e. The molecule has 2 amide bonds. The Morgan fingerprint density at radius 2 is 1.78 bits per heavy atom. The molecule has 0 aromatic heterocycles. The molecule has 1 N–H and O–H groups in total. The van der Waals surface area contributed by atoms with Gasteiger partial charge in [-0.1, -0.05) is 31.2 Å². The van der Waals surface area contributed by atoms with Crippen molar-refractivity contribution in [1.29, 1.82) is 0 Å². The van der Waals surface area contributed by atoms with Gasteiger partial charge in [0.1, 0.15) is 5.75 Å². The van der Waals surface area contributed by atoms with Crippen molar-refractivity contribution in [3.8, 4) is 5.75 Å². The lowest BCUT2D eigenvalue weighted by Crippen LogP contribution is -2.39. The van der Waals surface area contributed by atoms with Crippen LogP contribution in [0.3, 0.4) is 0 Å². The van der Waals surface area contributed by atoms with E-state index in [9.17, 15) is 13.2 Å². The van der Waals surface area contributed by atoms with Crippen molar-refractivity contribution in [2.45, 2.75) is 39.8 Å². The van der Waals surface area contributed by atoms with Gasteiger partial charge in [-0.3, -0.25) is 0 Å². The van der Waals surface area contributed by atoms with Gasteiger partial charge in [-0.15, -0.1) is 0 Å². The zero-order valence-corrected chi connectivity index (χ0v) is 16.9. The molecule has 0 fully saturated rings. The average Bonchev–Trinajstić information content (AvgIpc) is 2.58. The minimum absolute atomic E-state index is 0.0427. The van der Waals surface area contributed by atoms with Gasteiger partial charge in [-0.05, 0) is 55.7 Å². The summed E-state index contributed by atoms with van der Waals surface area (Å²) in [7, 11) is -3.60. The van der Waals surface area contributed by atoms with Gasteiger partial charge in [0.15, 0.2) is 0 Å². The van der Waals surface area contributed by atoms with Crippen molar-refractivity contribution in [3.63, 3.8) is 0 Å². The third-order valence-electron chi connectivity index (χ3n) is 3.97. The van der Waals surface area contributed by atoms with Gasteiger partial charge in [0.05, 0.1) is 6.26 Å². The lowest BCUT2D eigenvalue weighted by atomic mass is 10.1. The lowest BCUT2D eigenvalue weighted by Gasteiger charge is -2.27. The molecular weight excluding hydrogens is 364 g/mol. The number of nitrogens with zero attached hydrogens (tertiary/aromatic N) is 1. The van der Waals surface area contributed by atoms with Crippen molar-refractivity contribution in [3.05, 3.63) is 59.7 Å². The number of anilines is 1. The molecular formula is C20H26N2O4S. The summed E-state index contributed by atoms with van der Waals surface area (Å²) in [5.41, 5.74) is 2.68. The van der Waals surface area contributed by atoms with E-state index in [1.54, 1.807) is 23.1 Å². The quantitative estimate of drug-likeness (QED) is 0.724. The van der Waals surface area contributed by atoms with E-state index in [4.69, 9.17) is 4.18 Å². The Hall–Kier alpha value is -2.54. The minimum atomic E-state index is -3.60. The number of hydrogen-bond acceptors (Lipinski definition) is 4. The molecule has 2 aromatic carbocycles. The molecule has 0 radical (unpaired) electrons. The van der Waals surface area contributed by atoms with E-state index in [-0.39, 0.29) is 17.8 Å². The summed E-state index contributed by atoms with van der Waals surface area (Å²) in [6.45, 7) is 6.25. The van der Waals surface area contributed by atoms with E-state index in [1.807, 2.05) is 44.2 Å². The van der Waals surface area contributed by atoms with Crippen molar-refractivity contribution >= 4 is 21.8 Å². The summed E-state index contributed by atoms with van der Waals surface area (Å²) < 4.78 is 27.5. The zero-order chi connectivity index (χ0) is 20.0. The van der Waals surface area contributed by atoms with Gasteiger partial charge >= 0.3 is 16.1 Å². The average molecular weight is 391 g/mol. The van der Waals surface area contributed by atoms with E-state index in [1.165, 1.54) is 0 Å². The van der Waals surface area contributed by atoms with Gasteiger partial charge < -0.3 is 14.4 Å². The maximum atomic E-state index is 12.8. The highest BCUT2D eigenvalue weighted by atomic mass is 32.2. The third-order valence-corrected chi connectivity index (χ3v) is 4.46. The maximum absolute atomic E-state index is 12.8. The number of carbonyl (C=O) groups is 1. The van der Waals surface area contributed by atoms with Crippen LogP contribution in [0.15, 0.2) is 48.5 Å². The number of carbonyl (C=O) groups excluding carboxylic acids is 1. The van der Waals surface area contributed by atoms with E-state index >= 15 is 0 Å². The highest BCUT2D eigenvalue weighted by Gasteiger charge is 2.18. The van der Waals surface area contributed by atoms with Gasteiger partial charge in [0.25, 0.3) is 0 Å². The first-order valence-corrected chi connectivity index (χ1v) is 10.6. The van der Waals surface area contributed by atoms with Crippen LogP contribution in [-0.4, -0.2) is 31.6 Å². The van der Waals surface area contributed by atoms with Crippen LogP contribution in [0, 0.1) is 0 Å². The highest BCUT2D eigenvalue weighted by molar-refractivity contribution is 7.86. The Morgan fingerprint density at radius 1 is 1.11 bits per heavy atom. The van der Waals surface area contributed by atoms with Gasteiger partial charge in [-0.2, -0.15) is 8.42 Å². The maximum Gasteiger partial charge on any atom is 0.322 e. The van der Waals surface area contributed by atoms with E-state index < -0.39 is 10.1 Å². The van der Waals surface area contributed by atoms with Crippen molar-refractivity contribution < 1.29 is 17.4 Å². The number of rotatable bonds is 7. The second-order valence-corrected chi connectivity index (χ2v) is 8.22. The van der Waals surface area contributed by atoms with Crippen LogP contribution < -0.4 is 9.50 Å². The third kappa shape index (κ3) is 6.60. The largest absolute Gasteiger partial charge is 0.383 e. The highest BCUT2D eigenvalue weighted by Crippen LogP contribution is 2.19. The van der Waals surface area contributed by atoms with Crippen LogP contribution in [0.4, 0.5) is 10.5 Å². The van der Waals surface area contributed by atoms with Gasteiger partial charge in [0.2, 0.25) is 0 Å². The molecule has 146 valence electrons. The number of hydrogen-bond donors (Lipinski definition) is 1. The molecule has 0 aliphatic carbocycles. The van der Waals surface area contributed by atoms with Crippen LogP contribution in [0.1, 0.15) is 31.9 Å². The Bertz CT molecular complexity index is 894. The molecule has 0 atom stereocenters. The van der Waals surface area contributed by atoms with E-state index in [0.29, 0.717) is 6.54 Å². The summed E-state index contributed by atoms with van der Waals surface area (Å²) >= 11 is 0. The molecule has 7 heteroatoms. The summed E-state index contributed by atoms with van der Waals surface area (Å²) in [4.78, 5) is 14.4. The molecule has 0 aliphatic heterocycles. The van der Waals surface area contributed by atoms with Gasteiger partial charge in [-0.25, -0.2) is 4.79 Å². The number of nitrogens with one attached hydrogen (secondary N) is 1. The Balaban J connectivity index is 2.15. The fourth-order valence-electron chi connectivity index (χ4n) is 2.62. The smallest absolute Gasteiger partial charge is 0.322 e. The Kier molecular flexibility index (Phi) is 6.85. The topological polar surface area (TPSA) is 75.7 Å². The first-order chi connectivity index (χ1) is 12.7. The molecule has 0 unspecified atom stereocenters. The van der Waals surface area contributed by atoms with Crippen LogP contribution in [0.2, 0.25) is 0 Å². The molecule has 0 heterocycles. The zero-order valence-electron chi connectivity index (χ0n) is 16.1. The number of urea groups is 1. The second kappa shape index (κ2) is 8.90. The molecule has 2 rings (SSSR count). The van der Waals surface area contributed by atoms with E-state index in [2.05, 4.69) is 12.2 Å². The predicted octanol–water partition coefficient (Wildman–Crippen LogP) is 4.03. The molecule has 6 nitrogen and oxygen atoms in total. The monoisotopic (exact) mass is 390 g/mol. The molecule has 0 bridgehead atoms. The second-order valence-electron chi connectivity index (χ2n) is 6.64. The molecule has 0 saturated carbocycles. The molecule has 0 spiro atoms. The van der Waals surface area contributed by atoms with Crippen LogP contribution in [0.5, 0.6) is 5.75 Å². The summed E-state index contributed by atoms with van der Waals surface area (Å²) in [6, 6.07) is 14.2. The van der Waals surface area contributed by atoms with Crippen molar-refractivity contribution in [2.75, 3.05) is 11.6 Å². The molecule has 0 aliphatic rings. The van der Waals surface area contributed by atoms with Crippen LogP contribution in [-0.2, 0) is 23.1 Å². The SMILES string of the molecule is CCc1cccc(NC(=O)N(Cc2cccc(OS(C)(=O)=O)c2)C(C)C)c1. The normalized spacial score (nSPS) is 11.3. The number of benzene rings is 2. The van der Waals surface area contributed by atoms with Crippen molar-refractivity contribution in [2.24, 2.45) is 0 Å². The van der Waals surface area contributed by atoms with Crippen LogP contribution >= 0.6 is 0 Å². The first-order valence-electron chi connectivity index (χ1n) is 8.83. The summed E-state index contributed by atoms with van der Waals surface area (Å²) in [6.07, 6.45) is 1.89. The summed E-state index contributed by atoms with van der Waals surface area (Å²) in [5, 5.41) is 2.93. The fourth-order valence-corrected chi connectivity index (χ4v) is 3.07. The van der Waals surface area contributed by atoms with Crippen LogP contribution in [0.25, 0.3) is 0 Å². The molecule has 2 aromatic rings. The first kappa shape index (κ1) is 20.8. The van der Waals surface area contributed by atoms with Crippen molar-refractivity contribution in [1.82, 2.24) is 4.90 Å². The van der Waals surface area contributed by atoms with Gasteiger partial charge in [0, 0.05) is 18.3 Å². The standard InChI is InChI=1S/C20H26N2O4S/c1-5-16-8-6-10-18(12-16)21-20(23)22(15(2)3)14-17-9-7-11-19(13-17)26-27(4,24)25/h6-13,15H,5,14H2,1-4H3,(H,21,23). The summed E-state index contributed by atoms with van der Waals surface area (Å²) in [5.74, 6) is 0.231. The number of amides is 2. The Morgan fingerprint density at radius 3 is 2.41 bits per heavy atom. The molecule has 0 saturated heterocycles. The fraction of sp³-hybridized carbons (Fsp3) is 0.350. The van der Waals surface area contributed by atoms with E-state index in [0.717, 1.165) is 29.5 Å². The molecule has 27 heavy (non-hydrogen) atoms. The Labute approximate surface area is 161 Å².